The summed E-state index contributed by atoms with van der Waals surface area (Å²) in [5.41, 5.74) is 2.24. The molecule has 3 aromatic rings. The van der Waals surface area contributed by atoms with Crippen LogP contribution in [0.5, 0.6) is 0 Å². The molecule has 0 bridgehead atoms. The topological polar surface area (TPSA) is 17.4 Å². The summed E-state index contributed by atoms with van der Waals surface area (Å²) in [5, 5.41) is 0. The average Bonchev–Trinajstić information content (AvgIpc) is 3.31. The molecule has 2 heterocycles. The predicted molar refractivity (Wildman–Crippen MR) is 96.3 cm³/mol. The van der Waals surface area contributed by atoms with Crippen LogP contribution < -0.4 is 0 Å². The van der Waals surface area contributed by atoms with Crippen molar-refractivity contribution >= 4 is 0 Å². The number of rotatable bonds is 4. The highest BCUT2D eigenvalue weighted by Crippen LogP contribution is 2.31. The first-order valence-electron chi connectivity index (χ1n) is 8.76. The van der Waals surface area contributed by atoms with Crippen molar-refractivity contribution < 1.29 is 17.9 Å². The van der Waals surface area contributed by atoms with E-state index in [1.54, 1.807) is 0 Å². The molecule has 1 unspecified atom stereocenters. The van der Waals surface area contributed by atoms with Crippen LogP contribution in [-0.4, -0.2) is 22.6 Å². The first-order chi connectivity index (χ1) is 13.0. The number of benzene rings is 2. The zero-order valence-corrected chi connectivity index (χ0v) is 14.6. The first kappa shape index (κ1) is 17.8. The van der Waals surface area contributed by atoms with E-state index in [0.29, 0.717) is 12.3 Å². The molecular formula is C21H19F3N2O. The number of alkyl halides is 3. The monoisotopic (exact) mass is 372 g/mol. The van der Waals surface area contributed by atoms with Crippen LogP contribution in [0.4, 0.5) is 13.2 Å². The standard InChI is InChI=1S/C21H19F3N2O/c22-21(23,24)18-6-8-19(9-7-18)25-11-10-17(15-25)20-26(12-13-27-20)14-16-4-2-1-3-5-16/h1-11,15,20H,12-14H2. The van der Waals surface area contributed by atoms with Crippen LogP contribution in [0, 0.1) is 0 Å². The molecular weight excluding hydrogens is 353 g/mol. The van der Waals surface area contributed by atoms with Crippen LogP contribution in [0.2, 0.25) is 0 Å². The first-order valence-corrected chi connectivity index (χ1v) is 8.76. The fourth-order valence-corrected chi connectivity index (χ4v) is 3.33. The number of hydrogen-bond acceptors (Lipinski definition) is 2. The second kappa shape index (κ2) is 7.21. The second-order valence-corrected chi connectivity index (χ2v) is 6.58. The van der Waals surface area contributed by atoms with Gasteiger partial charge in [-0.05, 0) is 35.9 Å². The molecule has 4 rings (SSSR count). The number of halogens is 3. The van der Waals surface area contributed by atoms with E-state index in [2.05, 4.69) is 17.0 Å². The minimum atomic E-state index is -4.32. The van der Waals surface area contributed by atoms with Crippen molar-refractivity contribution in [3.8, 4) is 5.69 Å². The van der Waals surface area contributed by atoms with Gasteiger partial charge in [0.05, 0.1) is 12.2 Å². The van der Waals surface area contributed by atoms with Gasteiger partial charge in [0.25, 0.3) is 0 Å². The Morgan fingerprint density at radius 1 is 0.963 bits per heavy atom. The molecule has 0 N–H and O–H groups in total. The van der Waals surface area contributed by atoms with Crippen molar-refractivity contribution in [3.63, 3.8) is 0 Å². The predicted octanol–water partition coefficient (Wildman–Crippen LogP) is 5.03. The largest absolute Gasteiger partial charge is 0.416 e. The third-order valence-electron chi connectivity index (χ3n) is 4.71. The van der Waals surface area contributed by atoms with Gasteiger partial charge in [-0.1, -0.05) is 30.3 Å². The molecule has 3 nitrogen and oxygen atoms in total. The van der Waals surface area contributed by atoms with Crippen molar-refractivity contribution in [3.05, 3.63) is 89.7 Å². The number of aromatic nitrogens is 1. The van der Waals surface area contributed by atoms with E-state index < -0.39 is 11.7 Å². The number of nitrogens with zero attached hydrogens (tertiary/aromatic N) is 2. The molecule has 1 saturated heterocycles. The minimum Gasteiger partial charge on any atom is -0.357 e. The maximum Gasteiger partial charge on any atom is 0.416 e. The summed E-state index contributed by atoms with van der Waals surface area (Å²) < 4.78 is 45.9. The summed E-state index contributed by atoms with van der Waals surface area (Å²) in [6.07, 6.45) is -0.715. The van der Waals surface area contributed by atoms with Crippen molar-refractivity contribution in [2.45, 2.75) is 18.9 Å². The molecule has 1 aliphatic rings. The van der Waals surface area contributed by atoms with Crippen molar-refractivity contribution in [2.75, 3.05) is 13.2 Å². The molecule has 6 heteroatoms. The van der Waals surface area contributed by atoms with Gasteiger partial charge in [0.2, 0.25) is 0 Å². The molecule has 140 valence electrons. The average molecular weight is 372 g/mol. The van der Waals surface area contributed by atoms with Crippen LogP contribution in [0.15, 0.2) is 73.1 Å². The number of hydrogen-bond donors (Lipinski definition) is 0. The summed E-state index contributed by atoms with van der Waals surface area (Å²) >= 11 is 0. The molecule has 1 atom stereocenters. The van der Waals surface area contributed by atoms with E-state index in [-0.39, 0.29) is 6.23 Å². The van der Waals surface area contributed by atoms with Crippen molar-refractivity contribution in [1.82, 2.24) is 9.47 Å². The van der Waals surface area contributed by atoms with Crippen LogP contribution in [0.1, 0.15) is 22.9 Å². The lowest BCUT2D eigenvalue weighted by Gasteiger charge is -2.22. The van der Waals surface area contributed by atoms with Crippen molar-refractivity contribution in [1.29, 1.82) is 0 Å². The quantitative estimate of drug-likeness (QED) is 0.639. The lowest BCUT2D eigenvalue weighted by Crippen LogP contribution is -2.23. The SMILES string of the molecule is FC(F)(F)c1ccc(-n2ccc(C3OCCN3Cc3ccccc3)c2)cc1. The molecule has 2 aromatic carbocycles. The van der Waals surface area contributed by atoms with Gasteiger partial charge in [0.1, 0.15) is 6.23 Å². The number of ether oxygens (including phenoxy) is 1. The molecule has 27 heavy (non-hydrogen) atoms. The molecule has 0 radical (unpaired) electrons. The van der Waals surface area contributed by atoms with E-state index in [1.165, 1.54) is 17.7 Å². The fraction of sp³-hybridized carbons (Fsp3) is 0.238. The Bertz CT molecular complexity index is 888. The molecule has 0 amide bonds. The molecule has 1 aromatic heterocycles. The molecule has 1 fully saturated rings. The maximum atomic E-state index is 12.7. The van der Waals surface area contributed by atoms with Gasteiger partial charge in [-0.2, -0.15) is 13.2 Å². The summed E-state index contributed by atoms with van der Waals surface area (Å²) in [6, 6.07) is 17.3. The maximum absolute atomic E-state index is 12.7. The van der Waals surface area contributed by atoms with E-state index in [0.717, 1.165) is 30.8 Å². The summed E-state index contributed by atoms with van der Waals surface area (Å²) in [5.74, 6) is 0. The van der Waals surface area contributed by atoms with Crippen LogP contribution >= 0.6 is 0 Å². The van der Waals surface area contributed by atoms with Crippen LogP contribution in [-0.2, 0) is 17.5 Å². The molecule has 0 saturated carbocycles. The lowest BCUT2D eigenvalue weighted by molar-refractivity contribution is -0.137. The summed E-state index contributed by atoms with van der Waals surface area (Å²) in [4.78, 5) is 2.25. The molecule has 1 aliphatic heterocycles. The van der Waals surface area contributed by atoms with E-state index >= 15 is 0 Å². The normalized spacial score (nSPS) is 18.1. The summed E-state index contributed by atoms with van der Waals surface area (Å²) in [7, 11) is 0. The third-order valence-corrected chi connectivity index (χ3v) is 4.71. The summed E-state index contributed by atoms with van der Waals surface area (Å²) in [6.45, 7) is 2.28. The fourth-order valence-electron chi connectivity index (χ4n) is 3.33. The Kier molecular flexibility index (Phi) is 4.76. The van der Waals surface area contributed by atoms with Gasteiger partial charge in [-0.25, -0.2) is 0 Å². The van der Waals surface area contributed by atoms with E-state index in [1.807, 2.05) is 41.2 Å². The lowest BCUT2D eigenvalue weighted by atomic mass is 10.2. The second-order valence-electron chi connectivity index (χ2n) is 6.58. The van der Waals surface area contributed by atoms with Gasteiger partial charge in [-0.15, -0.1) is 0 Å². The van der Waals surface area contributed by atoms with E-state index in [4.69, 9.17) is 4.74 Å². The Balaban J connectivity index is 1.51. The van der Waals surface area contributed by atoms with Gasteiger partial charge in [0, 0.05) is 36.7 Å². The zero-order chi connectivity index (χ0) is 18.9. The molecule has 0 spiro atoms. The third kappa shape index (κ3) is 3.91. The molecule has 0 aliphatic carbocycles. The van der Waals surface area contributed by atoms with Crippen LogP contribution in [0.25, 0.3) is 5.69 Å². The smallest absolute Gasteiger partial charge is 0.357 e. The minimum absolute atomic E-state index is 0.152. The zero-order valence-electron chi connectivity index (χ0n) is 14.6. The Labute approximate surface area is 155 Å². The Morgan fingerprint density at radius 3 is 2.41 bits per heavy atom. The van der Waals surface area contributed by atoms with Gasteiger partial charge >= 0.3 is 6.18 Å². The Hall–Kier alpha value is -2.57. The van der Waals surface area contributed by atoms with Gasteiger partial charge in [0.15, 0.2) is 0 Å². The highest BCUT2D eigenvalue weighted by Gasteiger charge is 2.30. The van der Waals surface area contributed by atoms with Gasteiger partial charge in [-0.3, -0.25) is 4.90 Å². The van der Waals surface area contributed by atoms with E-state index in [9.17, 15) is 13.2 Å². The van der Waals surface area contributed by atoms with Gasteiger partial charge < -0.3 is 9.30 Å². The van der Waals surface area contributed by atoms with Crippen molar-refractivity contribution in [2.24, 2.45) is 0 Å². The van der Waals surface area contributed by atoms with Crippen LogP contribution in [0.3, 0.4) is 0 Å². The highest BCUT2D eigenvalue weighted by molar-refractivity contribution is 5.37. The Morgan fingerprint density at radius 2 is 1.70 bits per heavy atom. The highest BCUT2D eigenvalue weighted by atomic mass is 19.4.